The molecular weight excluding hydrogens is 670 g/mol. The first-order chi connectivity index (χ1) is 16.5. The molecule has 10 heteroatoms. The van der Waals surface area contributed by atoms with Crippen molar-refractivity contribution >= 4 is 45.2 Å². The van der Waals surface area contributed by atoms with Gasteiger partial charge in [0.25, 0.3) is 0 Å². The molecule has 1 aromatic carbocycles. The van der Waals surface area contributed by atoms with Crippen molar-refractivity contribution in [1.29, 1.82) is 0 Å². The van der Waals surface area contributed by atoms with E-state index in [1.54, 1.807) is 0 Å². The summed E-state index contributed by atoms with van der Waals surface area (Å²) in [6, 6.07) is 10.1. The highest BCUT2D eigenvalue weighted by molar-refractivity contribution is 14.1. The summed E-state index contributed by atoms with van der Waals surface area (Å²) < 4.78 is 49.9. The van der Waals surface area contributed by atoms with Crippen LogP contribution in [0.3, 0.4) is 0 Å². The van der Waals surface area contributed by atoms with E-state index >= 15 is 0 Å². The zero-order valence-electron chi connectivity index (χ0n) is 19.9. The van der Waals surface area contributed by atoms with Gasteiger partial charge in [-0.3, -0.25) is 0 Å². The molecule has 2 aliphatic heterocycles. The van der Waals surface area contributed by atoms with Gasteiger partial charge in [0.1, 0.15) is 24.4 Å². The van der Waals surface area contributed by atoms with Gasteiger partial charge in [0.2, 0.25) is 0 Å². The molecule has 0 bridgehead atoms. The molecule has 3 rings (SSSR count). The minimum absolute atomic E-state index is 0.346. The third kappa shape index (κ3) is 9.34. The average Bonchev–Trinajstić information content (AvgIpc) is 3.30. The van der Waals surface area contributed by atoms with Gasteiger partial charge in [-0.2, -0.15) is 0 Å². The quantitative estimate of drug-likeness (QED) is 0.138. The van der Waals surface area contributed by atoms with Crippen molar-refractivity contribution in [2.45, 2.75) is 56.9 Å². The highest BCUT2D eigenvalue weighted by atomic mass is 127. The van der Waals surface area contributed by atoms with Crippen molar-refractivity contribution in [3.05, 3.63) is 35.9 Å². The fourth-order valence-electron chi connectivity index (χ4n) is 3.89. The molecule has 2 saturated heterocycles. The Morgan fingerprint density at radius 3 is 2.26 bits per heavy atom. The van der Waals surface area contributed by atoms with Gasteiger partial charge >= 0.3 is 0 Å². The molecule has 2 fully saturated rings. The Kier molecular flexibility index (Phi) is 13.2. The third-order valence-corrected chi connectivity index (χ3v) is 6.22. The fourth-order valence-corrected chi connectivity index (χ4v) is 4.51. The van der Waals surface area contributed by atoms with Crippen molar-refractivity contribution in [1.82, 2.24) is 0 Å². The Balaban J connectivity index is 1.63. The minimum Gasteiger partial charge on any atom is -0.378 e. The number of alkyl halides is 2. The number of hydrogen-bond donors (Lipinski definition) is 0. The van der Waals surface area contributed by atoms with Crippen LogP contribution in [0.5, 0.6) is 0 Å². The molecule has 0 spiro atoms. The molecule has 194 valence electrons. The lowest BCUT2D eigenvalue weighted by Gasteiger charge is -2.31. The molecule has 0 saturated carbocycles. The van der Waals surface area contributed by atoms with Gasteiger partial charge in [-0.25, -0.2) is 0 Å². The number of halogens is 2. The predicted octanol–water partition coefficient (Wildman–Crippen LogP) is 3.75. The second-order valence-corrected chi connectivity index (χ2v) is 10.6. The van der Waals surface area contributed by atoms with Crippen LogP contribution in [-0.2, 0) is 44.5 Å². The van der Waals surface area contributed by atoms with Crippen LogP contribution in [0, 0.1) is 0 Å². The van der Waals surface area contributed by atoms with Crippen molar-refractivity contribution < 1.29 is 37.9 Å². The summed E-state index contributed by atoms with van der Waals surface area (Å²) in [6.45, 7) is 7.93. The summed E-state index contributed by atoms with van der Waals surface area (Å²) in [5.41, 5.74) is 1.08. The van der Waals surface area contributed by atoms with Crippen molar-refractivity contribution in [2.24, 2.45) is 0 Å². The largest absolute Gasteiger partial charge is 0.378 e. The zero-order valence-corrected chi connectivity index (χ0v) is 24.2. The van der Waals surface area contributed by atoms with E-state index in [1.165, 1.54) is 0 Å². The molecule has 0 amide bonds. The maximum atomic E-state index is 6.37. The van der Waals surface area contributed by atoms with Crippen LogP contribution in [-0.4, -0.2) is 91.6 Å². The van der Waals surface area contributed by atoms with Gasteiger partial charge in [0.15, 0.2) is 12.1 Å². The molecule has 2 aliphatic rings. The number of benzene rings is 1. The molecule has 0 aromatic heterocycles. The predicted molar refractivity (Wildman–Crippen MR) is 144 cm³/mol. The van der Waals surface area contributed by atoms with Gasteiger partial charge in [-0.05, 0) is 19.4 Å². The lowest BCUT2D eigenvalue weighted by Crippen LogP contribution is -2.46. The SMILES string of the molecule is CC1(C)O[C@H]2O[C@H]([C@@H](COCCOCCI)OCCOCCI)[C@H](OCc3ccccc3)[C@H]2O1. The maximum Gasteiger partial charge on any atom is 0.190 e. The average molecular weight is 706 g/mol. The maximum absolute atomic E-state index is 6.37. The van der Waals surface area contributed by atoms with E-state index in [4.69, 9.17) is 37.9 Å². The van der Waals surface area contributed by atoms with Gasteiger partial charge < -0.3 is 37.9 Å². The highest BCUT2D eigenvalue weighted by Crippen LogP contribution is 2.40. The second-order valence-electron chi connectivity index (χ2n) is 8.42. The summed E-state index contributed by atoms with van der Waals surface area (Å²) in [5, 5.41) is 0. The number of fused-ring (bicyclic) bond motifs is 1. The van der Waals surface area contributed by atoms with Crippen molar-refractivity contribution in [3.63, 3.8) is 0 Å². The van der Waals surface area contributed by atoms with Gasteiger partial charge in [-0.15, -0.1) is 0 Å². The summed E-state index contributed by atoms with van der Waals surface area (Å²) >= 11 is 4.57. The van der Waals surface area contributed by atoms with E-state index in [2.05, 4.69) is 45.2 Å². The summed E-state index contributed by atoms with van der Waals surface area (Å²) in [7, 11) is 0. The van der Waals surface area contributed by atoms with Crippen LogP contribution in [0.4, 0.5) is 0 Å². The summed E-state index contributed by atoms with van der Waals surface area (Å²) in [5.74, 6) is -0.731. The molecule has 5 atom stereocenters. The monoisotopic (exact) mass is 706 g/mol. The normalized spacial score (nSPS) is 26.6. The van der Waals surface area contributed by atoms with Gasteiger partial charge in [-0.1, -0.05) is 75.5 Å². The van der Waals surface area contributed by atoms with Crippen LogP contribution in [0.2, 0.25) is 0 Å². The molecule has 34 heavy (non-hydrogen) atoms. The second kappa shape index (κ2) is 15.6. The topological polar surface area (TPSA) is 73.8 Å². The molecule has 8 nitrogen and oxygen atoms in total. The number of ether oxygens (including phenoxy) is 8. The lowest BCUT2D eigenvalue weighted by atomic mass is 10.1. The first-order valence-corrected chi connectivity index (χ1v) is 14.7. The van der Waals surface area contributed by atoms with Crippen molar-refractivity contribution in [3.8, 4) is 0 Å². The van der Waals surface area contributed by atoms with E-state index in [0.29, 0.717) is 52.9 Å². The van der Waals surface area contributed by atoms with Crippen molar-refractivity contribution in [2.75, 3.05) is 55.1 Å². The minimum atomic E-state index is -0.731. The molecular formula is C24H36I2O8. The summed E-state index contributed by atoms with van der Waals surface area (Å²) in [6.07, 6.45) is -2.01. The first kappa shape index (κ1) is 28.9. The Morgan fingerprint density at radius 1 is 0.882 bits per heavy atom. The van der Waals surface area contributed by atoms with Gasteiger partial charge in [0, 0.05) is 8.86 Å². The summed E-state index contributed by atoms with van der Waals surface area (Å²) in [4.78, 5) is 0. The van der Waals surface area contributed by atoms with E-state index in [9.17, 15) is 0 Å². The third-order valence-electron chi connectivity index (χ3n) is 5.34. The number of rotatable bonds is 17. The molecule has 0 N–H and O–H groups in total. The van der Waals surface area contributed by atoms with E-state index in [0.717, 1.165) is 14.4 Å². The highest BCUT2D eigenvalue weighted by Gasteiger charge is 2.57. The van der Waals surface area contributed by atoms with Crippen LogP contribution in [0.1, 0.15) is 19.4 Å². The fraction of sp³-hybridized carbons (Fsp3) is 0.750. The molecule has 0 unspecified atom stereocenters. The molecule has 0 aliphatic carbocycles. The smallest absolute Gasteiger partial charge is 0.190 e. The molecule has 2 heterocycles. The molecule has 0 radical (unpaired) electrons. The van der Waals surface area contributed by atoms with Crippen LogP contribution < -0.4 is 0 Å². The van der Waals surface area contributed by atoms with E-state index in [1.807, 2.05) is 44.2 Å². The Labute approximate surface area is 229 Å². The Hall–Kier alpha value is 0.360. The molecule has 1 aromatic rings. The van der Waals surface area contributed by atoms with Crippen LogP contribution in [0.15, 0.2) is 30.3 Å². The zero-order chi connectivity index (χ0) is 24.2. The number of hydrogen-bond acceptors (Lipinski definition) is 8. The Bertz CT molecular complexity index is 680. The van der Waals surface area contributed by atoms with E-state index in [-0.39, 0.29) is 18.3 Å². The van der Waals surface area contributed by atoms with Crippen LogP contribution >= 0.6 is 45.2 Å². The van der Waals surface area contributed by atoms with Crippen LogP contribution in [0.25, 0.3) is 0 Å². The first-order valence-electron chi connectivity index (χ1n) is 11.7. The van der Waals surface area contributed by atoms with Gasteiger partial charge in [0.05, 0.1) is 52.9 Å². The van der Waals surface area contributed by atoms with E-state index < -0.39 is 18.2 Å². The standard InChI is InChI=1S/C24H36I2O8/c1-24(2)33-22-21(31-16-18-6-4-3-5-7-18)20(32-23(22)34-24)19(30-15-14-28-11-9-26)17-29-13-12-27-10-8-25/h3-7,19-23H,8-17H2,1-2H3/t19-,20-,21+,22-,23-/m1/s1. The lowest BCUT2D eigenvalue weighted by molar-refractivity contribution is -0.238. The Morgan fingerprint density at radius 2 is 1.56 bits per heavy atom.